The van der Waals surface area contributed by atoms with Crippen molar-refractivity contribution in [3.8, 4) is 0 Å². The van der Waals surface area contributed by atoms with Crippen LogP contribution in [0.25, 0.3) is 0 Å². The highest BCUT2D eigenvalue weighted by molar-refractivity contribution is 7.89. The molecule has 6 heteroatoms. The van der Waals surface area contributed by atoms with E-state index in [1.807, 2.05) is 25.1 Å². The quantitative estimate of drug-likeness (QED) is 0.877. The van der Waals surface area contributed by atoms with Gasteiger partial charge in [-0.2, -0.15) is 0 Å². The fraction of sp³-hybridized carbons (Fsp3) is 0.571. The molecule has 2 atom stereocenters. The van der Waals surface area contributed by atoms with Crippen LogP contribution in [0.3, 0.4) is 0 Å². The van der Waals surface area contributed by atoms with Crippen molar-refractivity contribution in [1.82, 2.24) is 10.0 Å². The van der Waals surface area contributed by atoms with E-state index in [2.05, 4.69) is 10.0 Å². The first-order chi connectivity index (χ1) is 9.48. The molecule has 112 valence electrons. The number of benzene rings is 1. The molecule has 20 heavy (non-hydrogen) atoms. The van der Waals surface area contributed by atoms with Crippen molar-refractivity contribution < 1.29 is 8.42 Å². The van der Waals surface area contributed by atoms with E-state index >= 15 is 0 Å². The SMILES string of the molecule is CC(NS(=O)(=O)CC1CCCCN1)c1ccccc1Cl. The number of sulfonamides is 1. The molecule has 1 saturated heterocycles. The van der Waals surface area contributed by atoms with E-state index in [0.717, 1.165) is 31.4 Å². The van der Waals surface area contributed by atoms with Gasteiger partial charge in [0, 0.05) is 17.1 Å². The van der Waals surface area contributed by atoms with Crippen LogP contribution in [0, 0.1) is 0 Å². The van der Waals surface area contributed by atoms with Gasteiger partial charge < -0.3 is 5.32 Å². The van der Waals surface area contributed by atoms with E-state index < -0.39 is 10.0 Å². The van der Waals surface area contributed by atoms with Crippen LogP contribution >= 0.6 is 11.6 Å². The van der Waals surface area contributed by atoms with Gasteiger partial charge in [0.05, 0.1) is 5.75 Å². The molecule has 1 aromatic rings. The summed E-state index contributed by atoms with van der Waals surface area (Å²) in [6.07, 6.45) is 3.13. The molecule has 0 spiro atoms. The zero-order chi connectivity index (χ0) is 14.6. The molecule has 0 aromatic heterocycles. The molecule has 4 nitrogen and oxygen atoms in total. The third-order valence-corrected chi connectivity index (χ3v) is 5.46. The van der Waals surface area contributed by atoms with Crippen molar-refractivity contribution in [2.75, 3.05) is 12.3 Å². The maximum absolute atomic E-state index is 12.2. The van der Waals surface area contributed by atoms with Crippen molar-refractivity contribution >= 4 is 21.6 Å². The second kappa shape index (κ2) is 6.89. The summed E-state index contributed by atoms with van der Waals surface area (Å²) in [5.41, 5.74) is 0.800. The van der Waals surface area contributed by atoms with Crippen LogP contribution in [0.1, 0.15) is 37.8 Å². The highest BCUT2D eigenvalue weighted by Crippen LogP contribution is 2.23. The van der Waals surface area contributed by atoms with Crippen molar-refractivity contribution in [2.24, 2.45) is 0 Å². The Kier molecular flexibility index (Phi) is 5.43. The Morgan fingerprint density at radius 1 is 1.40 bits per heavy atom. The summed E-state index contributed by atoms with van der Waals surface area (Å²) in [6.45, 7) is 2.72. The van der Waals surface area contributed by atoms with Gasteiger partial charge in [-0.05, 0) is 37.9 Å². The van der Waals surface area contributed by atoms with Crippen LogP contribution in [0.4, 0.5) is 0 Å². The topological polar surface area (TPSA) is 58.2 Å². The molecule has 1 heterocycles. The summed E-state index contributed by atoms with van der Waals surface area (Å²) < 4.78 is 27.1. The van der Waals surface area contributed by atoms with E-state index in [4.69, 9.17) is 11.6 Å². The second-order valence-corrected chi connectivity index (χ2v) is 7.50. The summed E-state index contributed by atoms with van der Waals surface area (Å²) >= 11 is 6.09. The van der Waals surface area contributed by atoms with E-state index in [9.17, 15) is 8.42 Å². The standard InChI is InChI=1S/C14H21ClN2O2S/c1-11(13-7-2-3-8-14(13)15)17-20(18,19)10-12-6-4-5-9-16-12/h2-3,7-8,11-12,16-17H,4-6,9-10H2,1H3. The molecule has 1 aliphatic heterocycles. The first kappa shape index (κ1) is 15.8. The molecule has 0 radical (unpaired) electrons. The number of hydrogen-bond acceptors (Lipinski definition) is 3. The summed E-state index contributed by atoms with van der Waals surface area (Å²) in [4.78, 5) is 0. The summed E-state index contributed by atoms with van der Waals surface area (Å²) in [5, 5.41) is 3.84. The number of hydrogen-bond donors (Lipinski definition) is 2. The van der Waals surface area contributed by atoms with Crippen molar-refractivity contribution in [2.45, 2.75) is 38.3 Å². The lowest BCUT2D eigenvalue weighted by Crippen LogP contribution is -2.43. The highest BCUT2D eigenvalue weighted by atomic mass is 35.5. The molecule has 0 bridgehead atoms. The van der Waals surface area contributed by atoms with Crippen LogP contribution in [-0.4, -0.2) is 26.8 Å². The Bertz CT molecular complexity index is 542. The molecule has 2 N–H and O–H groups in total. The lowest BCUT2D eigenvalue weighted by Gasteiger charge is -2.24. The fourth-order valence-electron chi connectivity index (χ4n) is 2.54. The van der Waals surface area contributed by atoms with Gasteiger partial charge >= 0.3 is 0 Å². The maximum atomic E-state index is 12.2. The molecule has 1 aromatic carbocycles. The first-order valence-electron chi connectivity index (χ1n) is 6.96. The lowest BCUT2D eigenvalue weighted by molar-refractivity contribution is 0.421. The predicted molar refractivity (Wildman–Crippen MR) is 82.4 cm³/mol. The van der Waals surface area contributed by atoms with Gasteiger partial charge in [0.2, 0.25) is 10.0 Å². The smallest absolute Gasteiger partial charge is 0.213 e. The Morgan fingerprint density at radius 2 is 2.15 bits per heavy atom. The van der Waals surface area contributed by atoms with Gasteiger partial charge in [-0.3, -0.25) is 0 Å². The first-order valence-corrected chi connectivity index (χ1v) is 8.99. The normalized spacial score (nSPS) is 21.6. The van der Waals surface area contributed by atoms with E-state index in [1.165, 1.54) is 0 Å². The predicted octanol–water partition coefficient (Wildman–Crippen LogP) is 2.46. The Morgan fingerprint density at radius 3 is 2.80 bits per heavy atom. The molecule has 1 aliphatic rings. The fourth-order valence-corrected chi connectivity index (χ4v) is 4.41. The third kappa shape index (κ3) is 4.45. The summed E-state index contributed by atoms with van der Waals surface area (Å²) in [6, 6.07) is 7.03. The van der Waals surface area contributed by atoms with Crippen LogP contribution < -0.4 is 10.0 Å². The molecule has 1 fully saturated rings. The van der Waals surface area contributed by atoms with Crippen molar-refractivity contribution in [3.05, 3.63) is 34.9 Å². The van der Waals surface area contributed by atoms with E-state index in [1.54, 1.807) is 6.07 Å². The van der Waals surface area contributed by atoms with Gasteiger partial charge in [0.1, 0.15) is 0 Å². The van der Waals surface area contributed by atoms with Crippen molar-refractivity contribution in [3.63, 3.8) is 0 Å². The van der Waals surface area contributed by atoms with Gasteiger partial charge in [-0.15, -0.1) is 0 Å². The minimum Gasteiger partial charge on any atom is -0.313 e. The monoisotopic (exact) mass is 316 g/mol. The van der Waals surface area contributed by atoms with E-state index in [0.29, 0.717) is 5.02 Å². The Labute approximate surface area is 126 Å². The number of rotatable bonds is 5. The molecule has 0 aliphatic carbocycles. The molecule has 0 saturated carbocycles. The molecular weight excluding hydrogens is 296 g/mol. The molecule has 2 rings (SSSR count). The Balaban J connectivity index is 1.98. The average molecular weight is 317 g/mol. The highest BCUT2D eigenvalue weighted by Gasteiger charge is 2.23. The summed E-state index contributed by atoms with van der Waals surface area (Å²) in [5.74, 6) is 0.127. The third-order valence-electron chi connectivity index (χ3n) is 3.56. The minimum absolute atomic E-state index is 0.0553. The average Bonchev–Trinajstić information content (AvgIpc) is 2.39. The van der Waals surface area contributed by atoms with Crippen LogP contribution in [0.15, 0.2) is 24.3 Å². The largest absolute Gasteiger partial charge is 0.313 e. The second-order valence-electron chi connectivity index (χ2n) is 5.29. The lowest BCUT2D eigenvalue weighted by atomic mass is 10.1. The number of nitrogens with one attached hydrogen (secondary N) is 2. The summed E-state index contributed by atoms with van der Waals surface area (Å²) in [7, 11) is -3.32. The van der Waals surface area contributed by atoms with Crippen LogP contribution in [0.5, 0.6) is 0 Å². The molecular formula is C14H21ClN2O2S. The molecule has 0 amide bonds. The van der Waals surface area contributed by atoms with Gasteiger partial charge in [0.15, 0.2) is 0 Å². The zero-order valence-electron chi connectivity index (χ0n) is 11.6. The van der Waals surface area contributed by atoms with Crippen LogP contribution in [0.2, 0.25) is 5.02 Å². The van der Waals surface area contributed by atoms with Gasteiger partial charge in [-0.25, -0.2) is 13.1 Å². The number of piperidine rings is 1. The maximum Gasteiger partial charge on any atom is 0.213 e. The van der Waals surface area contributed by atoms with Gasteiger partial charge in [-0.1, -0.05) is 36.2 Å². The van der Waals surface area contributed by atoms with Crippen LogP contribution in [-0.2, 0) is 10.0 Å². The van der Waals surface area contributed by atoms with Gasteiger partial charge in [0.25, 0.3) is 0 Å². The zero-order valence-corrected chi connectivity index (χ0v) is 13.2. The minimum atomic E-state index is -3.32. The Hall–Kier alpha value is -0.620. The van der Waals surface area contributed by atoms with Crippen molar-refractivity contribution in [1.29, 1.82) is 0 Å². The van der Waals surface area contributed by atoms with E-state index in [-0.39, 0.29) is 17.8 Å². The number of halogens is 1. The molecule has 2 unspecified atom stereocenters.